The molecule has 2 aromatic rings. The van der Waals surface area contributed by atoms with Gasteiger partial charge in [0.2, 0.25) is 5.91 Å². The molecule has 2 fully saturated rings. The van der Waals surface area contributed by atoms with Crippen molar-refractivity contribution >= 4 is 27.1 Å². The molecule has 2 heterocycles. The lowest BCUT2D eigenvalue weighted by molar-refractivity contribution is -0.118. The Labute approximate surface area is 154 Å². The number of carbonyl (C=O) groups is 1. The molecule has 2 aromatic carbocycles. The first kappa shape index (κ1) is 17.1. The van der Waals surface area contributed by atoms with E-state index in [1.165, 1.54) is 0 Å². The maximum Gasteiger partial charge on any atom is 0.246 e. The molecule has 2 aliphatic heterocycles. The first-order valence-corrected chi connectivity index (χ1v) is 10.6. The highest BCUT2D eigenvalue weighted by atomic mass is 32.2. The zero-order valence-corrected chi connectivity index (χ0v) is 15.7. The summed E-state index contributed by atoms with van der Waals surface area (Å²) < 4.78 is 24.8. The molecule has 0 saturated carbocycles. The van der Waals surface area contributed by atoms with Crippen LogP contribution in [0.2, 0.25) is 0 Å². The largest absolute Gasteiger partial charge is 0.356 e. The van der Waals surface area contributed by atoms with Crippen molar-refractivity contribution in [1.29, 1.82) is 0 Å². The van der Waals surface area contributed by atoms with Crippen LogP contribution in [0.25, 0.3) is 0 Å². The topological polar surface area (TPSA) is 57.7 Å². The molecule has 26 heavy (non-hydrogen) atoms. The third kappa shape index (κ3) is 2.98. The normalized spacial score (nSPS) is 24.6. The van der Waals surface area contributed by atoms with Crippen molar-refractivity contribution < 1.29 is 13.2 Å². The average Bonchev–Trinajstić information content (AvgIpc) is 2.91. The Morgan fingerprint density at radius 2 is 1.31 bits per heavy atom. The first-order valence-electron chi connectivity index (χ1n) is 8.76. The summed E-state index contributed by atoms with van der Waals surface area (Å²) >= 11 is 0. The van der Waals surface area contributed by atoms with Gasteiger partial charge in [-0.25, -0.2) is 8.42 Å². The zero-order chi connectivity index (χ0) is 18.5. The van der Waals surface area contributed by atoms with E-state index < -0.39 is 9.84 Å². The van der Waals surface area contributed by atoms with Gasteiger partial charge in [0.05, 0.1) is 30.1 Å². The van der Waals surface area contributed by atoms with Gasteiger partial charge in [0.1, 0.15) is 0 Å². The molecule has 5 nitrogen and oxygen atoms in total. The van der Waals surface area contributed by atoms with Crippen molar-refractivity contribution in [2.45, 2.75) is 25.9 Å². The molecule has 0 radical (unpaired) electrons. The van der Waals surface area contributed by atoms with Crippen LogP contribution in [0.4, 0.5) is 11.4 Å². The Bertz CT molecular complexity index is 936. The Balaban J connectivity index is 1.74. The summed E-state index contributed by atoms with van der Waals surface area (Å²) in [6, 6.07) is 15.0. The first-order chi connectivity index (χ1) is 12.3. The van der Waals surface area contributed by atoms with Crippen LogP contribution in [0.5, 0.6) is 0 Å². The van der Waals surface area contributed by atoms with Crippen molar-refractivity contribution in [3.8, 4) is 0 Å². The summed E-state index contributed by atoms with van der Waals surface area (Å²) in [5, 5.41) is 0. The predicted molar refractivity (Wildman–Crippen MR) is 103 cm³/mol. The zero-order valence-electron chi connectivity index (χ0n) is 14.9. The number of anilines is 2. The van der Waals surface area contributed by atoms with Gasteiger partial charge in [0, 0.05) is 11.4 Å². The van der Waals surface area contributed by atoms with E-state index in [4.69, 9.17) is 0 Å². The Hall–Kier alpha value is -2.34. The van der Waals surface area contributed by atoms with Gasteiger partial charge in [-0.05, 0) is 38.1 Å². The number of benzene rings is 2. The second-order valence-electron chi connectivity index (χ2n) is 7.27. The number of fused-ring (bicyclic) bond motifs is 1. The molecule has 1 amide bonds. The van der Waals surface area contributed by atoms with Gasteiger partial charge in [-0.15, -0.1) is 0 Å². The van der Waals surface area contributed by atoms with Gasteiger partial charge in [0.25, 0.3) is 0 Å². The molecule has 0 N–H and O–H groups in total. The maximum absolute atomic E-state index is 13.0. The summed E-state index contributed by atoms with van der Waals surface area (Å²) in [7, 11) is -3.19. The Morgan fingerprint density at radius 1 is 0.808 bits per heavy atom. The van der Waals surface area contributed by atoms with Crippen LogP contribution in [0, 0.1) is 13.8 Å². The molecule has 4 rings (SSSR count). The van der Waals surface area contributed by atoms with E-state index in [1.54, 1.807) is 4.90 Å². The minimum atomic E-state index is -3.19. The van der Waals surface area contributed by atoms with Gasteiger partial charge < -0.3 is 9.80 Å². The molecule has 0 aliphatic carbocycles. The van der Waals surface area contributed by atoms with Crippen molar-refractivity contribution in [2.24, 2.45) is 0 Å². The number of carbonyl (C=O) groups excluding carboxylic acids is 1. The van der Waals surface area contributed by atoms with Crippen LogP contribution in [-0.2, 0) is 14.6 Å². The smallest absolute Gasteiger partial charge is 0.246 e. The van der Waals surface area contributed by atoms with E-state index in [-0.39, 0.29) is 36.0 Å². The van der Waals surface area contributed by atoms with E-state index in [1.807, 2.05) is 67.3 Å². The fraction of sp³-hybridized carbons (Fsp3) is 0.350. The van der Waals surface area contributed by atoms with Gasteiger partial charge in [0.15, 0.2) is 9.84 Å². The molecule has 2 saturated heterocycles. The molecule has 0 bridgehead atoms. The molecule has 2 atom stereocenters. The van der Waals surface area contributed by atoms with Crippen molar-refractivity contribution in [1.82, 2.24) is 0 Å². The second-order valence-corrected chi connectivity index (χ2v) is 9.43. The highest BCUT2D eigenvalue weighted by Gasteiger charge is 2.49. The summed E-state index contributed by atoms with van der Waals surface area (Å²) in [6.07, 6.45) is 0. The fourth-order valence-electron chi connectivity index (χ4n) is 3.94. The summed E-state index contributed by atoms with van der Waals surface area (Å²) in [5.74, 6) is 0.0358. The number of rotatable bonds is 2. The lowest BCUT2D eigenvalue weighted by Crippen LogP contribution is -2.62. The number of hydrogen-bond donors (Lipinski definition) is 0. The van der Waals surface area contributed by atoms with Crippen LogP contribution in [0.3, 0.4) is 0 Å². The monoisotopic (exact) mass is 370 g/mol. The van der Waals surface area contributed by atoms with E-state index >= 15 is 0 Å². The number of hydrogen-bond acceptors (Lipinski definition) is 4. The van der Waals surface area contributed by atoms with E-state index in [0.29, 0.717) is 0 Å². The van der Waals surface area contributed by atoms with Gasteiger partial charge in [-0.1, -0.05) is 35.4 Å². The Kier molecular flexibility index (Phi) is 4.03. The minimum absolute atomic E-state index is 0.0135. The summed E-state index contributed by atoms with van der Waals surface area (Å²) in [4.78, 5) is 16.6. The number of nitrogens with zero attached hydrogens (tertiary/aromatic N) is 2. The van der Waals surface area contributed by atoms with Crippen molar-refractivity contribution in [3.05, 3.63) is 59.7 Å². The number of sulfone groups is 1. The molecule has 0 unspecified atom stereocenters. The van der Waals surface area contributed by atoms with E-state index in [0.717, 1.165) is 22.5 Å². The molecule has 136 valence electrons. The van der Waals surface area contributed by atoms with E-state index in [9.17, 15) is 13.2 Å². The van der Waals surface area contributed by atoms with Crippen LogP contribution < -0.4 is 9.80 Å². The maximum atomic E-state index is 13.0. The van der Waals surface area contributed by atoms with Gasteiger partial charge in [-0.3, -0.25) is 4.79 Å². The molecule has 6 heteroatoms. The van der Waals surface area contributed by atoms with Gasteiger partial charge in [-0.2, -0.15) is 0 Å². The molecular weight excluding hydrogens is 348 g/mol. The van der Waals surface area contributed by atoms with Crippen LogP contribution in [0.15, 0.2) is 48.5 Å². The fourth-order valence-corrected chi connectivity index (χ4v) is 5.89. The quantitative estimate of drug-likeness (QED) is 0.814. The summed E-state index contributed by atoms with van der Waals surface area (Å²) in [5.41, 5.74) is 3.92. The number of amides is 1. The number of aryl methyl sites for hydroxylation is 2. The average molecular weight is 370 g/mol. The standard InChI is InChI=1S/C20H22N2O3S/c1-14-3-7-16(8-4-14)21-11-20(23)22(17-9-5-15(2)6-10-17)19-13-26(24,25)12-18(19)21/h3-10,18-19H,11-13H2,1-2H3/t18-,19-/m0/s1. The molecular formula is C20H22N2O3S. The van der Waals surface area contributed by atoms with Crippen molar-refractivity contribution in [3.63, 3.8) is 0 Å². The molecule has 0 spiro atoms. The van der Waals surface area contributed by atoms with Gasteiger partial charge >= 0.3 is 0 Å². The van der Waals surface area contributed by atoms with Crippen LogP contribution in [-0.4, -0.2) is 44.5 Å². The SMILES string of the molecule is Cc1ccc(N2CC(=O)N(c3ccc(C)cc3)[C@H]3CS(=O)(=O)C[C@@H]32)cc1. The second kappa shape index (κ2) is 6.13. The van der Waals surface area contributed by atoms with Crippen LogP contribution >= 0.6 is 0 Å². The van der Waals surface area contributed by atoms with E-state index in [2.05, 4.69) is 0 Å². The third-order valence-corrected chi connectivity index (χ3v) is 6.98. The predicted octanol–water partition coefficient (Wildman–Crippen LogP) is 2.32. The third-order valence-electron chi connectivity index (χ3n) is 5.28. The minimum Gasteiger partial charge on any atom is -0.356 e. The highest BCUT2D eigenvalue weighted by molar-refractivity contribution is 7.91. The summed E-state index contributed by atoms with van der Waals surface area (Å²) in [6.45, 7) is 4.19. The van der Waals surface area contributed by atoms with Crippen molar-refractivity contribution in [2.75, 3.05) is 27.9 Å². The Morgan fingerprint density at radius 3 is 1.88 bits per heavy atom. The highest BCUT2D eigenvalue weighted by Crippen LogP contribution is 2.34. The van der Waals surface area contributed by atoms with Crippen LogP contribution in [0.1, 0.15) is 11.1 Å². The molecule has 2 aliphatic rings. The number of piperazine rings is 1. The molecule has 0 aromatic heterocycles. The lowest BCUT2D eigenvalue weighted by Gasteiger charge is -2.44. The lowest BCUT2D eigenvalue weighted by atomic mass is 10.0.